The third-order valence-electron chi connectivity index (χ3n) is 5.69. The Morgan fingerprint density at radius 1 is 1.19 bits per heavy atom. The molecule has 0 unspecified atom stereocenters. The number of carbonyl (C=O) groups is 2. The van der Waals surface area contributed by atoms with Crippen LogP contribution in [0.3, 0.4) is 0 Å². The van der Waals surface area contributed by atoms with Crippen LogP contribution in [0.25, 0.3) is 0 Å². The molecule has 0 atom stereocenters. The van der Waals surface area contributed by atoms with Gasteiger partial charge in [-0.15, -0.1) is 0 Å². The van der Waals surface area contributed by atoms with Crippen LogP contribution in [0.2, 0.25) is 0 Å². The molecular weight excluding hydrogens is 507 g/mol. The zero-order chi connectivity index (χ0) is 22.2. The summed E-state index contributed by atoms with van der Waals surface area (Å²) in [4.78, 5) is 28.2. The van der Waals surface area contributed by atoms with Crippen LogP contribution in [-0.2, 0) is 33.9 Å². The van der Waals surface area contributed by atoms with E-state index in [1.54, 1.807) is 0 Å². The summed E-state index contributed by atoms with van der Waals surface area (Å²) in [6.07, 6.45) is 8.24. The van der Waals surface area contributed by atoms with Crippen molar-refractivity contribution in [2.75, 3.05) is 0 Å². The predicted molar refractivity (Wildman–Crippen MR) is 127 cm³/mol. The number of imidazole rings is 1. The first-order valence-electron chi connectivity index (χ1n) is 11.1. The van der Waals surface area contributed by atoms with Crippen molar-refractivity contribution in [2.24, 2.45) is 5.92 Å². The van der Waals surface area contributed by atoms with Crippen molar-refractivity contribution in [2.45, 2.75) is 78.4 Å². The molecule has 31 heavy (non-hydrogen) atoms. The van der Waals surface area contributed by atoms with E-state index in [0.717, 1.165) is 52.9 Å². The van der Waals surface area contributed by atoms with E-state index in [4.69, 9.17) is 14.5 Å². The number of hydrogen-bond donors (Lipinski definition) is 0. The second-order valence-electron chi connectivity index (χ2n) is 8.21. The number of esters is 2. The highest BCUT2D eigenvalue weighted by Crippen LogP contribution is 2.28. The number of unbranched alkanes of at least 4 members (excludes halogenated alkanes) is 1. The molecule has 2 aromatic rings. The third-order valence-corrected chi connectivity index (χ3v) is 6.56. The molecule has 3 rings (SSSR count). The Bertz CT molecular complexity index is 886. The Morgan fingerprint density at radius 2 is 1.90 bits per heavy atom. The number of hydrogen-bond acceptors (Lipinski definition) is 5. The Labute approximate surface area is 197 Å². The van der Waals surface area contributed by atoms with E-state index < -0.39 is 0 Å². The normalized spacial score (nSPS) is 14.0. The van der Waals surface area contributed by atoms with Crippen molar-refractivity contribution in [3.63, 3.8) is 0 Å². The molecule has 0 radical (unpaired) electrons. The summed E-state index contributed by atoms with van der Waals surface area (Å²) in [5.41, 5.74) is 1.99. The Kier molecular flexibility index (Phi) is 8.92. The quantitative estimate of drug-likeness (QED) is 0.229. The summed E-state index contributed by atoms with van der Waals surface area (Å²) >= 11 is 2.21. The first-order chi connectivity index (χ1) is 15.0. The molecule has 1 aliphatic rings. The van der Waals surface area contributed by atoms with Crippen molar-refractivity contribution in [1.29, 1.82) is 0 Å². The van der Waals surface area contributed by atoms with E-state index in [0.29, 0.717) is 24.6 Å². The fourth-order valence-corrected chi connectivity index (χ4v) is 4.72. The van der Waals surface area contributed by atoms with Crippen LogP contribution in [0.15, 0.2) is 24.3 Å². The van der Waals surface area contributed by atoms with Gasteiger partial charge in [0.25, 0.3) is 0 Å². The van der Waals surface area contributed by atoms with Gasteiger partial charge in [0, 0.05) is 26.3 Å². The van der Waals surface area contributed by atoms with Gasteiger partial charge in [-0.05, 0) is 65.5 Å². The van der Waals surface area contributed by atoms with Crippen LogP contribution in [0.5, 0.6) is 5.75 Å². The van der Waals surface area contributed by atoms with E-state index in [1.807, 2.05) is 24.3 Å². The number of halogens is 1. The Balaban J connectivity index is 1.68. The molecule has 1 saturated carbocycles. The van der Waals surface area contributed by atoms with E-state index in [2.05, 4.69) is 34.1 Å². The zero-order valence-electron chi connectivity index (χ0n) is 18.4. The van der Waals surface area contributed by atoms with Gasteiger partial charge in [0.2, 0.25) is 0 Å². The second kappa shape index (κ2) is 11.6. The number of aryl methyl sites for hydroxylation is 1. The Morgan fingerprint density at radius 3 is 2.55 bits per heavy atom. The molecule has 0 N–H and O–H groups in total. The first-order valence-corrected chi connectivity index (χ1v) is 12.2. The largest absolute Gasteiger partial charge is 0.459 e. The highest BCUT2D eigenvalue weighted by Gasteiger charge is 2.20. The summed E-state index contributed by atoms with van der Waals surface area (Å²) in [5.74, 6) is 1.61. The average molecular weight is 538 g/mol. The smallest absolute Gasteiger partial charge is 0.311 e. The molecule has 1 aliphatic carbocycles. The molecule has 1 aromatic carbocycles. The van der Waals surface area contributed by atoms with Gasteiger partial charge in [-0.3, -0.25) is 9.59 Å². The molecule has 1 fully saturated rings. The topological polar surface area (TPSA) is 70.4 Å². The number of benzene rings is 1. The molecule has 1 aromatic heterocycles. The lowest BCUT2D eigenvalue weighted by atomic mass is 10.0. The number of aromatic nitrogens is 2. The van der Waals surface area contributed by atoms with Gasteiger partial charge in [0.15, 0.2) is 0 Å². The minimum absolute atomic E-state index is 0.144. The van der Waals surface area contributed by atoms with Gasteiger partial charge < -0.3 is 14.0 Å². The van der Waals surface area contributed by atoms with Gasteiger partial charge in [0.05, 0.1) is 5.69 Å². The number of rotatable bonds is 10. The predicted octanol–water partition coefficient (Wildman–Crippen LogP) is 5.43. The van der Waals surface area contributed by atoms with Crippen LogP contribution in [0.1, 0.15) is 75.9 Å². The SMILES string of the molecule is CCCCc1nc(I)c(COC(C)=O)n1Cc1ccc(OC(=O)CC2CCCC2)cc1. The highest BCUT2D eigenvalue weighted by atomic mass is 127. The van der Waals surface area contributed by atoms with Gasteiger partial charge in [-0.2, -0.15) is 0 Å². The molecule has 6 nitrogen and oxygen atoms in total. The molecule has 7 heteroatoms. The molecule has 0 bridgehead atoms. The first kappa shape index (κ1) is 23.8. The van der Waals surface area contributed by atoms with Crippen LogP contribution in [0, 0.1) is 9.62 Å². The zero-order valence-corrected chi connectivity index (χ0v) is 20.5. The maximum Gasteiger partial charge on any atom is 0.311 e. The van der Waals surface area contributed by atoms with Gasteiger partial charge in [-0.1, -0.05) is 38.3 Å². The lowest BCUT2D eigenvalue weighted by Gasteiger charge is -2.13. The fraction of sp³-hybridized carbons (Fsp3) is 0.542. The van der Waals surface area contributed by atoms with Gasteiger partial charge in [-0.25, -0.2) is 4.98 Å². The molecular formula is C24H31IN2O4. The summed E-state index contributed by atoms with van der Waals surface area (Å²) in [6, 6.07) is 7.65. The maximum atomic E-state index is 12.2. The number of ether oxygens (including phenoxy) is 2. The Hall–Kier alpha value is -1.90. The van der Waals surface area contributed by atoms with Crippen LogP contribution in [0.4, 0.5) is 0 Å². The molecule has 0 aliphatic heterocycles. The lowest BCUT2D eigenvalue weighted by Crippen LogP contribution is -2.13. The number of carbonyl (C=O) groups excluding carboxylic acids is 2. The number of nitrogens with zero attached hydrogens (tertiary/aromatic N) is 2. The van der Waals surface area contributed by atoms with Gasteiger partial charge >= 0.3 is 11.9 Å². The lowest BCUT2D eigenvalue weighted by molar-refractivity contribution is -0.142. The fourth-order valence-electron chi connectivity index (χ4n) is 3.99. The van der Waals surface area contributed by atoms with Crippen molar-refractivity contribution in [1.82, 2.24) is 9.55 Å². The molecule has 168 valence electrons. The summed E-state index contributed by atoms with van der Waals surface area (Å²) in [5, 5.41) is 0. The van der Waals surface area contributed by atoms with E-state index in [1.165, 1.54) is 19.8 Å². The van der Waals surface area contributed by atoms with Crippen LogP contribution < -0.4 is 4.74 Å². The maximum absolute atomic E-state index is 12.2. The molecule has 0 amide bonds. The monoisotopic (exact) mass is 538 g/mol. The van der Waals surface area contributed by atoms with Gasteiger partial charge in [0.1, 0.15) is 21.9 Å². The standard InChI is InChI=1S/C24H31IN2O4/c1-3-4-9-22-26-24(25)21(16-30-17(2)28)27(22)15-19-10-12-20(13-11-19)31-23(29)14-18-7-5-6-8-18/h10-13,18H,3-9,14-16H2,1-2H3. The van der Waals surface area contributed by atoms with Crippen molar-refractivity contribution in [3.05, 3.63) is 45.0 Å². The van der Waals surface area contributed by atoms with Crippen LogP contribution in [-0.4, -0.2) is 21.5 Å². The molecule has 1 heterocycles. The second-order valence-corrected chi connectivity index (χ2v) is 9.23. The minimum Gasteiger partial charge on any atom is -0.459 e. The van der Waals surface area contributed by atoms with Crippen molar-refractivity contribution >= 4 is 34.5 Å². The van der Waals surface area contributed by atoms with Crippen molar-refractivity contribution < 1.29 is 19.1 Å². The summed E-state index contributed by atoms with van der Waals surface area (Å²) < 4.78 is 13.8. The van der Waals surface area contributed by atoms with Crippen molar-refractivity contribution in [3.8, 4) is 5.75 Å². The van der Waals surface area contributed by atoms with E-state index in [9.17, 15) is 9.59 Å². The van der Waals surface area contributed by atoms with E-state index in [-0.39, 0.29) is 18.5 Å². The summed E-state index contributed by atoms with van der Waals surface area (Å²) in [7, 11) is 0. The summed E-state index contributed by atoms with van der Waals surface area (Å²) in [6.45, 7) is 4.41. The molecule has 0 saturated heterocycles. The van der Waals surface area contributed by atoms with Crippen LogP contribution >= 0.6 is 22.6 Å². The average Bonchev–Trinajstić information content (AvgIpc) is 3.34. The minimum atomic E-state index is -0.303. The third kappa shape index (κ3) is 7.05. The molecule has 0 spiro atoms. The van der Waals surface area contributed by atoms with E-state index >= 15 is 0 Å². The highest BCUT2D eigenvalue weighted by molar-refractivity contribution is 14.1.